The van der Waals surface area contributed by atoms with E-state index < -0.39 is 0 Å². The van der Waals surface area contributed by atoms with Crippen LogP contribution in [0.4, 0.5) is 0 Å². The van der Waals surface area contributed by atoms with Crippen LogP contribution in [0, 0.1) is 0 Å². The smallest absolute Gasteiger partial charge is 0.243 e. The second kappa shape index (κ2) is 12.0. The molecule has 6 nitrogen and oxygen atoms in total. The summed E-state index contributed by atoms with van der Waals surface area (Å²) in [6.45, 7) is 10.2. The second-order valence-electron chi connectivity index (χ2n) is 7.29. The number of fused-ring (bicyclic) bond motifs is 1. The quantitative estimate of drug-likeness (QED) is 0.413. The highest BCUT2D eigenvalue weighted by atomic mass is 16.2. The number of amides is 2. The number of aryl methyl sites for hydroxylation is 1. The Balaban J connectivity index is 2.03. The fraction of sp³-hybridized carbons (Fsp3) is 0.522. The number of nitrogens with zero attached hydrogens (tertiary/aromatic N) is 3. The van der Waals surface area contributed by atoms with Crippen molar-refractivity contribution in [1.29, 1.82) is 0 Å². The van der Waals surface area contributed by atoms with Gasteiger partial charge in [0, 0.05) is 26.1 Å². The average Bonchev–Trinajstić information content (AvgIpc) is 3.07. The molecule has 2 amide bonds. The fourth-order valence-corrected chi connectivity index (χ4v) is 3.50. The maximum Gasteiger partial charge on any atom is 0.243 e. The minimum atomic E-state index is -0.131. The van der Waals surface area contributed by atoms with Crippen molar-refractivity contribution < 1.29 is 9.59 Å². The zero-order valence-corrected chi connectivity index (χ0v) is 17.8. The first-order chi connectivity index (χ1) is 14.1. The third-order valence-corrected chi connectivity index (χ3v) is 4.93. The average molecular weight is 399 g/mol. The molecule has 0 spiro atoms. The number of para-hydroxylation sites is 2. The Kier molecular flexibility index (Phi) is 9.41. The third kappa shape index (κ3) is 6.73. The Morgan fingerprint density at radius 1 is 1.14 bits per heavy atom. The van der Waals surface area contributed by atoms with Crippen molar-refractivity contribution in [1.82, 2.24) is 19.8 Å². The molecule has 2 aromatic rings. The molecule has 2 rings (SSSR count). The van der Waals surface area contributed by atoms with E-state index in [1.807, 2.05) is 29.2 Å². The van der Waals surface area contributed by atoms with E-state index in [1.54, 1.807) is 0 Å². The lowest BCUT2D eigenvalue weighted by atomic mass is 10.2. The summed E-state index contributed by atoms with van der Waals surface area (Å²) in [5.74, 6) is 0.988. The van der Waals surface area contributed by atoms with Crippen LogP contribution in [0.3, 0.4) is 0 Å². The number of carbonyl (C=O) groups excluding carboxylic acids is 2. The summed E-state index contributed by atoms with van der Waals surface area (Å²) in [6, 6.07) is 8.01. The zero-order chi connectivity index (χ0) is 21.1. The first-order valence-corrected chi connectivity index (χ1v) is 10.7. The molecule has 1 aromatic heterocycles. The van der Waals surface area contributed by atoms with Crippen molar-refractivity contribution in [2.24, 2.45) is 0 Å². The highest BCUT2D eigenvalue weighted by molar-refractivity contribution is 5.86. The number of carbonyl (C=O) groups is 2. The molecule has 0 aliphatic rings. The van der Waals surface area contributed by atoms with E-state index in [0.29, 0.717) is 13.1 Å². The number of aromatic nitrogens is 2. The lowest BCUT2D eigenvalue weighted by Crippen LogP contribution is -2.35. The van der Waals surface area contributed by atoms with E-state index in [2.05, 4.69) is 30.3 Å². The van der Waals surface area contributed by atoms with Gasteiger partial charge in [-0.3, -0.25) is 9.59 Å². The molecule has 1 N–H and O–H groups in total. The molecular formula is C23H34N4O2. The van der Waals surface area contributed by atoms with Crippen LogP contribution in [0.5, 0.6) is 0 Å². The number of benzene rings is 1. The zero-order valence-electron chi connectivity index (χ0n) is 17.8. The SMILES string of the molecule is C=CC(=O)NCCCCCc1nc2ccccc2n1CC(=O)N(CCC)CCC. The van der Waals surface area contributed by atoms with Gasteiger partial charge in [0.05, 0.1) is 11.0 Å². The van der Waals surface area contributed by atoms with Gasteiger partial charge in [-0.05, 0) is 43.9 Å². The molecule has 29 heavy (non-hydrogen) atoms. The summed E-state index contributed by atoms with van der Waals surface area (Å²) in [7, 11) is 0. The Hall–Kier alpha value is -2.63. The standard InChI is InChI=1S/C23H34N4O2/c1-4-16-26(17-5-2)23(29)18-27-20-13-10-9-12-19(20)25-21(27)14-8-7-11-15-24-22(28)6-3/h6,9-10,12-13H,3-5,7-8,11,14-18H2,1-2H3,(H,24,28). The third-order valence-electron chi connectivity index (χ3n) is 4.93. The highest BCUT2D eigenvalue weighted by Gasteiger charge is 2.17. The van der Waals surface area contributed by atoms with E-state index in [1.165, 1.54) is 6.08 Å². The predicted molar refractivity (Wildman–Crippen MR) is 118 cm³/mol. The van der Waals surface area contributed by atoms with Crippen molar-refractivity contribution in [3.63, 3.8) is 0 Å². The van der Waals surface area contributed by atoms with Crippen molar-refractivity contribution in [2.45, 2.75) is 58.9 Å². The van der Waals surface area contributed by atoms with E-state index in [0.717, 1.165) is 68.5 Å². The predicted octanol–water partition coefficient (Wildman–Crippen LogP) is 3.70. The summed E-state index contributed by atoms with van der Waals surface area (Å²) in [5, 5.41) is 2.80. The van der Waals surface area contributed by atoms with Crippen LogP contribution in [-0.4, -0.2) is 45.9 Å². The summed E-state index contributed by atoms with van der Waals surface area (Å²) in [4.78, 5) is 30.8. The Morgan fingerprint density at radius 3 is 2.55 bits per heavy atom. The number of hydrogen-bond acceptors (Lipinski definition) is 3. The maximum atomic E-state index is 12.9. The molecule has 158 valence electrons. The van der Waals surface area contributed by atoms with Gasteiger partial charge in [-0.15, -0.1) is 0 Å². The molecule has 1 heterocycles. The number of hydrogen-bond donors (Lipinski definition) is 1. The summed E-state index contributed by atoms with van der Waals surface area (Å²) in [6.07, 6.45) is 6.91. The molecule has 0 bridgehead atoms. The summed E-state index contributed by atoms with van der Waals surface area (Å²) >= 11 is 0. The molecule has 0 saturated carbocycles. The van der Waals surface area contributed by atoms with Crippen LogP contribution in [0.1, 0.15) is 51.8 Å². The van der Waals surface area contributed by atoms with E-state index in [4.69, 9.17) is 4.98 Å². The topological polar surface area (TPSA) is 67.2 Å². The largest absolute Gasteiger partial charge is 0.353 e. The summed E-state index contributed by atoms with van der Waals surface area (Å²) in [5.41, 5.74) is 1.95. The minimum absolute atomic E-state index is 0.131. The van der Waals surface area contributed by atoms with Gasteiger partial charge in [0.2, 0.25) is 11.8 Å². The van der Waals surface area contributed by atoms with E-state index >= 15 is 0 Å². The molecule has 0 atom stereocenters. The molecule has 0 saturated heterocycles. The lowest BCUT2D eigenvalue weighted by molar-refractivity contribution is -0.131. The molecule has 0 radical (unpaired) electrons. The molecule has 1 aromatic carbocycles. The molecule has 0 aliphatic carbocycles. The Morgan fingerprint density at radius 2 is 1.86 bits per heavy atom. The highest BCUT2D eigenvalue weighted by Crippen LogP contribution is 2.18. The lowest BCUT2D eigenvalue weighted by Gasteiger charge is -2.22. The van der Waals surface area contributed by atoms with Gasteiger partial charge >= 0.3 is 0 Å². The van der Waals surface area contributed by atoms with E-state index in [-0.39, 0.29) is 11.8 Å². The first kappa shape index (κ1) is 22.7. The number of rotatable bonds is 13. The van der Waals surface area contributed by atoms with Crippen LogP contribution < -0.4 is 5.32 Å². The molecule has 0 fully saturated rings. The molecule has 6 heteroatoms. The van der Waals surface area contributed by atoms with Crippen molar-refractivity contribution >= 4 is 22.8 Å². The molecule has 0 aliphatic heterocycles. The van der Waals surface area contributed by atoms with Gasteiger partial charge in [0.25, 0.3) is 0 Å². The van der Waals surface area contributed by atoms with Gasteiger partial charge in [-0.25, -0.2) is 4.98 Å². The molecule has 0 unspecified atom stereocenters. The number of nitrogens with one attached hydrogen (secondary N) is 1. The van der Waals surface area contributed by atoms with Gasteiger partial charge < -0.3 is 14.8 Å². The van der Waals surface area contributed by atoms with Crippen LogP contribution in [-0.2, 0) is 22.6 Å². The van der Waals surface area contributed by atoms with Crippen LogP contribution in [0.25, 0.3) is 11.0 Å². The Labute approximate surface area is 174 Å². The van der Waals surface area contributed by atoms with Crippen LogP contribution in [0.15, 0.2) is 36.9 Å². The molecular weight excluding hydrogens is 364 g/mol. The van der Waals surface area contributed by atoms with Crippen molar-refractivity contribution in [3.05, 3.63) is 42.7 Å². The number of unbranched alkanes of at least 4 members (excludes halogenated alkanes) is 2. The van der Waals surface area contributed by atoms with Crippen molar-refractivity contribution in [3.8, 4) is 0 Å². The van der Waals surface area contributed by atoms with Gasteiger partial charge in [0.1, 0.15) is 12.4 Å². The summed E-state index contributed by atoms with van der Waals surface area (Å²) < 4.78 is 2.08. The minimum Gasteiger partial charge on any atom is -0.353 e. The maximum absolute atomic E-state index is 12.9. The van der Waals surface area contributed by atoms with Gasteiger partial charge in [0.15, 0.2) is 0 Å². The van der Waals surface area contributed by atoms with Crippen LogP contribution >= 0.6 is 0 Å². The van der Waals surface area contributed by atoms with Gasteiger partial charge in [-0.2, -0.15) is 0 Å². The first-order valence-electron chi connectivity index (χ1n) is 10.7. The monoisotopic (exact) mass is 398 g/mol. The number of imidazole rings is 1. The van der Waals surface area contributed by atoms with Gasteiger partial charge in [-0.1, -0.05) is 39.0 Å². The normalized spacial score (nSPS) is 10.8. The Bertz CT molecular complexity index is 806. The fourth-order valence-electron chi connectivity index (χ4n) is 3.50. The second-order valence-corrected chi connectivity index (χ2v) is 7.29. The van der Waals surface area contributed by atoms with Crippen molar-refractivity contribution in [2.75, 3.05) is 19.6 Å². The van der Waals surface area contributed by atoms with Crippen LogP contribution in [0.2, 0.25) is 0 Å². The van der Waals surface area contributed by atoms with E-state index in [9.17, 15) is 9.59 Å².